The molecule has 0 atom stereocenters. The molecule has 0 spiro atoms. The maximum atomic E-state index is 12.3. The molecule has 1 aliphatic heterocycles. The summed E-state index contributed by atoms with van der Waals surface area (Å²) >= 11 is 0.865. The molecule has 0 saturated heterocycles. The number of hydrogen-bond donors (Lipinski definition) is 0. The van der Waals surface area contributed by atoms with Crippen molar-refractivity contribution in [1.29, 1.82) is 0 Å². The summed E-state index contributed by atoms with van der Waals surface area (Å²) in [5, 5.41) is 0. The van der Waals surface area contributed by atoms with Crippen molar-refractivity contribution in [2.45, 2.75) is 13.0 Å². The van der Waals surface area contributed by atoms with Crippen LogP contribution >= 0.6 is 11.3 Å². The third kappa shape index (κ3) is 1.73. The number of thiophene rings is 1. The second kappa shape index (κ2) is 3.03. The fourth-order valence-electron chi connectivity index (χ4n) is 1.33. The second-order valence-electron chi connectivity index (χ2n) is 2.97. The van der Waals surface area contributed by atoms with Gasteiger partial charge >= 0.3 is 6.98 Å². The predicted molar refractivity (Wildman–Crippen MR) is 46.4 cm³/mol. The molecule has 1 aromatic rings. The van der Waals surface area contributed by atoms with Crippen LogP contribution in [0.1, 0.15) is 10.4 Å². The van der Waals surface area contributed by atoms with Crippen LogP contribution in [0.15, 0.2) is 6.07 Å². The first-order chi connectivity index (χ1) is 6.07. The van der Waals surface area contributed by atoms with E-state index in [2.05, 4.69) is 0 Å². The van der Waals surface area contributed by atoms with Gasteiger partial charge in [0.05, 0.1) is 13.2 Å². The molecule has 2 heterocycles. The molecule has 0 radical (unpaired) electrons. The van der Waals surface area contributed by atoms with E-state index < -0.39 is 11.8 Å². The molecule has 0 fully saturated rings. The molecule has 0 aromatic carbocycles. The lowest BCUT2D eigenvalue weighted by molar-refractivity contribution is 0.112. The Balaban J connectivity index is 2.36. The van der Waals surface area contributed by atoms with Crippen molar-refractivity contribution in [2.75, 3.05) is 6.61 Å². The molecular formula is C7H7BF3OS-. The Bertz CT molecular complexity index is 297. The molecular weight excluding hydrogens is 200 g/mol. The van der Waals surface area contributed by atoms with E-state index in [1.807, 2.05) is 0 Å². The van der Waals surface area contributed by atoms with E-state index in [9.17, 15) is 12.9 Å². The molecule has 13 heavy (non-hydrogen) atoms. The molecule has 0 aliphatic carbocycles. The first-order valence-corrected chi connectivity index (χ1v) is 4.78. The maximum Gasteiger partial charge on any atom is 0.519 e. The van der Waals surface area contributed by atoms with E-state index in [0.29, 0.717) is 25.2 Å². The summed E-state index contributed by atoms with van der Waals surface area (Å²) < 4.78 is 41.5. The first-order valence-electron chi connectivity index (χ1n) is 3.96. The molecule has 1 aromatic heterocycles. The van der Waals surface area contributed by atoms with E-state index in [-0.39, 0.29) is 0 Å². The summed E-state index contributed by atoms with van der Waals surface area (Å²) in [6.45, 7) is -3.96. The monoisotopic (exact) mass is 207 g/mol. The van der Waals surface area contributed by atoms with Gasteiger partial charge in [-0.2, -0.15) is 11.3 Å². The summed E-state index contributed by atoms with van der Waals surface area (Å²) in [5.74, 6) is 0. The van der Waals surface area contributed by atoms with Gasteiger partial charge in [-0.25, -0.2) is 0 Å². The normalized spacial score (nSPS) is 17.2. The molecule has 0 saturated carbocycles. The van der Waals surface area contributed by atoms with Gasteiger partial charge in [0, 0.05) is 11.3 Å². The Kier molecular flexibility index (Phi) is 2.11. The zero-order valence-electron chi connectivity index (χ0n) is 6.73. The molecule has 0 amide bonds. The highest BCUT2D eigenvalue weighted by molar-refractivity contribution is 7.24. The lowest BCUT2D eigenvalue weighted by atomic mass is 9.89. The Morgan fingerprint density at radius 2 is 2.15 bits per heavy atom. The summed E-state index contributed by atoms with van der Waals surface area (Å²) in [4.78, 5) is 0.834. The van der Waals surface area contributed by atoms with Crippen LogP contribution < -0.4 is 4.78 Å². The van der Waals surface area contributed by atoms with Crippen LogP contribution in [0.25, 0.3) is 0 Å². The lowest BCUT2D eigenvalue weighted by Crippen LogP contribution is -2.30. The zero-order valence-corrected chi connectivity index (χ0v) is 7.54. The summed E-state index contributed by atoms with van der Waals surface area (Å²) in [5.41, 5.74) is 0.713. The number of fused-ring (bicyclic) bond motifs is 1. The van der Waals surface area contributed by atoms with E-state index >= 15 is 0 Å². The summed E-state index contributed by atoms with van der Waals surface area (Å²) in [6, 6.07) is 1.22. The predicted octanol–water partition coefficient (Wildman–Crippen LogP) is 1.88. The number of halogens is 3. The minimum Gasteiger partial charge on any atom is -0.444 e. The third-order valence-corrected chi connectivity index (χ3v) is 3.30. The van der Waals surface area contributed by atoms with Crippen molar-refractivity contribution < 1.29 is 17.7 Å². The van der Waals surface area contributed by atoms with Crippen LogP contribution in [0.5, 0.6) is 0 Å². The fraction of sp³-hybridized carbons (Fsp3) is 0.429. The van der Waals surface area contributed by atoms with Gasteiger partial charge in [0.25, 0.3) is 0 Å². The van der Waals surface area contributed by atoms with Crippen LogP contribution in [-0.2, 0) is 17.8 Å². The average Bonchev–Trinajstić information content (AvgIpc) is 2.45. The Labute approximate surface area is 77.6 Å². The number of hydrogen-bond acceptors (Lipinski definition) is 2. The Morgan fingerprint density at radius 3 is 2.77 bits per heavy atom. The Morgan fingerprint density at radius 1 is 1.38 bits per heavy atom. The van der Waals surface area contributed by atoms with Crippen molar-refractivity contribution in [1.82, 2.24) is 0 Å². The van der Waals surface area contributed by atoms with Gasteiger partial charge in [-0.05, 0) is 5.56 Å². The van der Waals surface area contributed by atoms with Crippen molar-refractivity contribution >= 4 is 23.1 Å². The van der Waals surface area contributed by atoms with Crippen LogP contribution in [0.3, 0.4) is 0 Å². The van der Waals surface area contributed by atoms with Crippen LogP contribution in [-0.4, -0.2) is 13.6 Å². The fourth-order valence-corrected chi connectivity index (χ4v) is 2.39. The van der Waals surface area contributed by atoms with Crippen LogP contribution in [0.2, 0.25) is 0 Å². The average molecular weight is 207 g/mol. The zero-order chi connectivity index (χ0) is 9.47. The van der Waals surface area contributed by atoms with Gasteiger partial charge < -0.3 is 17.7 Å². The molecule has 6 heteroatoms. The second-order valence-corrected chi connectivity index (χ2v) is 4.14. The van der Waals surface area contributed by atoms with Crippen molar-refractivity contribution in [3.63, 3.8) is 0 Å². The highest BCUT2D eigenvalue weighted by Gasteiger charge is 2.29. The van der Waals surface area contributed by atoms with Gasteiger partial charge in [0.2, 0.25) is 0 Å². The van der Waals surface area contributed by atoms with Gasteiger partial charge in [-0.3, -0.25) is 0 Å². The van der Waals surface area contributed by atoms with Gasteiger partial charge in [0.15, 0.2) is 0 Å². The minimum absolute atomic E-state index is 0.331. The number of rotatable bonds is 1. The van der Waals surface area contributed by atoms with E-state index in [1.165, 1.54) is 6.07 Å². The van der Waals surface area contributed by atoms with E-state index in [0.717, 1.165) is 16.2 Å². The van der Waals surface area contributed by atoms with Crippen molar-refractivity contribution in [2.24, 2.45) is 0 Å². The SMILES string of the molecule is F[B-](F)(F)c1cc2c(s1)CCOC2. The highest BCUT2D eigenvalue weighted by Crippen LogP contribution is 2.24. The minimum atomic E-state index is -4.83. The van der Waals surface area contributed by atoms with E-state index in [1.54, 1.807) is 0 Å². The van der Waals surface area contributed by atoms with Crippen molar-refractivity contribution in [3.8, 4) is 0 Å². The van der Waals surface area contributed by atoms with Crippen molar-refractivity contribution in [3.05, 3.63) is 16.5 Å². The third-order valence-electron chi connectivity index (χ3n) is 1.97. The van der Waals surface area contributed by atoms with Crippen LogP contribution in [0, 0.1) is 0 Å². The smallest absolute Gasteiger partial charge is 0.444 e. The molecule has 72 valence electrons. The molecule has 2 rings (SSSR count). The quantitative estimate of drug-likeness (QED) is 0.638. The summed E-state index contributed by atoms with van der Waals surface area (Å²) in [7, 11) is 0. The summed E-state index contributed by atoms with van der Waals surface area (Å²) in [6.07, 6.45) is 0.617. The van der Waals surface area contributed by atoms with Crippen LogP contribution in [0.4, 0.5) is 12.9 Å². The first kappa shape index (κ1) is 9.08. The molecule has 1 nitrogen and oxygen atoms in total. The maximum absolute atomic E-state index is 12.3. The Hall–Kier alpha value is -0.485. The largest absolute Gasteiger partial charge is 0.519 e. The van der Waals surface area contributed by atoms with Gasteiger partial charge in [-0.1, -0.05) is 10.8 Å². The van der Waals surface area contributed by atoms with Gasteiger partial charge in [0.1, 0.15) is 0 Å². The van der Waals surface area contributed by atoms with E-state index in [4.69, 9.17) is 4.74 Å². The van der Waals surface area contributed by atoms with Gasteiger partial charge in [-0.15, -0.1) is 0 Å². The lowest BCUT2D eigenvalue weighted by Gasteiger charge is -2.10. The number of ether oxygens (including phenoxy) is 1. The topological polar surface area (TPSA) is 9.23 Å². The molecule has 0 bridgehead atoms. The highest BCUT2D eigenvalue weighted by atomic mass is 32.1. The standard InChI is InChI=1S/C7H7BF3OS/c9-8(10,11)7-3-5-4-12-2-1-6(5)13-7/h3H,1-2,4H2/q-1. The molecule has 0 N–H and O–H groups in total. The molecule has 1 aliphatic rings. The molecule has 0 unspecified atom stereocenters.